The number of likely N-dealkylation sites (tertiary alicyclic amines) is 1. The molecule has 1 aromatic carbocycles. The van der Waals surface area contributed by atoms with E-state index in [0.717, 1.165) is 19.3 Å². The number of hydrogen-bond donors (Lipinski definition) is 2. The Bertz CT molecular complexity index is 585. The lowest BCUT2D eigenvalue weighted by atomic mass is 9.97. The zero-order valence-electron chi connectivity index (χ0n) is 12.6. The molecule has 5 nitrogen and oxygen atoms in total. The maximum Gasteiger partial charge on any atom is 0.238 e. The molecule has 0 aromatic heterocycles. The molecule has 1 saturated heterocycles. The summed E-state index contributed by atoms with van der Waals surface area (Å²) in [6.07, 6.45) is 2.98. The van der Waals surface area contributed by atoms with Gasteiger partial charge < -0.3 is 10.4 Å². The van der Waals surface area contributed by atoms with Crippen LogP contribution in [-0.4, -0.2) is 41.1 Å². The van der Waals surface area contributed by atoms with Crippen molar-refractivity contribution in [1.82, 2.24) is 4.90 Å². The van der Waals surface area contributed by atoms with Gasteiger partial charge in [0.05, 0.1) is 24.4 Å². The van der Waals surface area contributed by atoms with Gasteiger partial charge in [0.1, 0.15) is 6.07 Å². The highest BCUT2D eigenvalue weighted by atomic mass is 35.5. The van der Waals surface area contributed by atoms with Crippen molar-refractivity contribution in [3.05, 3.63) is 28.8 Å². The second-order valence-electron chi connectivity index (χ2n) is 5.64. The number of aliphatic hydroxyl groups excluding tert-OH is 1. The van der Waals surface area contributed by atoms with Crippen molar-refractivity contribution >= 4 is 23.2 Å². The van der Waals surface area contributed by atoms with Crippen LogP contribution in [0.4, 0.5) is 5.69 Å². The third-order valence-corrected chi connectivity index (χ3v) is 4.34. The van der Waals surface area contributed by atoms with E-state index in [1.807, 2.05) is 11.0 Å². The monoisotopic (exact) mass is 321 g/mol. The molecule has 2 unspecified atom stereocenters. The summed E-state index contributed by atoms with van der Waals surface area (Å²) in [6, 6.07) is 7.07. The summed E-state index contributed by atoms with van der Waals surface area (Å²) in [5.41, 5.74) is 0.799. The third-order valence-electron chi connectivity index (χ3n) is 4.11. The van der Waals surface area contributed by atoms with Crippen LogP contribution in [0.25, 0.3) is 0 Å². The van der Waals surface area contributed by atoms with E-state index in [-0.39, 0.29) is 31.1 Å². The van der Waals surface area contributed by atoms with E-state index in [9.17, 15) is 9.90 Å². The number of carbonyl (C=O) groups is 1. The van der Waals surface area contributed by atoms with Gasteiger partial charge >= 0.3 is 0 Å². The Kier molecular flexibility index (Phi) is 5.78. The first-order chi connectivity index (χ1) is 10.5. The van der Waals surface area contributed by atoms with Crippen molar-refractivity contribution in [1.29, 1.82) is 5.26 Å². The van der Waals surface area contributed by atoms with E-state index in [4.69, 9.17) is 16.9 Å². The summed E-state index contributed by atoms with van der Waals surface area (Å²) in [6.45, 7) is 2.32. The summed E-state index contributed by atoms with van der Waals surface area (Å²) in [7, 11) is 0. The Labute approximate surface area is 135 Å². The fourth-order valence-corrected chi connectivity index (χ4v) is 3.07. The number of nitrogens with zero attached hydrogens (tertiary/aromatic N) is 2. The quantitative estimate of drug-likeness (QED) is 0.892. The normalized spacial score (nSPS) is 22.1. The molecule has 118 valence electrons. The maximum atomic E-state index is 12.3. The second-order valence-corrected chi connectivity index (χ2v) is 6.07. The lowest BCUT2D eigenvalue weighted by Crippen LogP contribution is -2.50. The molecule has 22 heavy (non-hydrogen) atoms. The largest absolute Gasteiger partial charge is 0.395 e. The van der Waals surface area contributed by atoms with Gasteiger partial charge in [-0.15, -0.1) is 0 Å². The molecule has 0 saturated carbocycles. The number of piperidine rings is 1. The maximum absolute atomic E-state index is 12.3. The number of anilines is 1. The number of nitrogens with one attached hydrogen (secondary N) is 1. The smallest absolute Gasteiger partial charge is 0.238 e. The molecule has 0 spiro atoms. The van der Waals surface area contributed by atoms with Crippen LogP contribution in [0.2, 0.25) is 5.02 Å². The molecule has 1 aromatic rings. The fourth-order valence-electron chi connectivity index (χ4n) is 2.89. The van der Waals surface area contributed by atoms with Gasteiger partial charge in [-0.2, -0.15) is 5.26 Å². The van der Waals surface area contributed by atoms with Crippen molar-refractivity contribution in [3.63, 3.8) is 0 Å². The molecular weight excluding hydrogens is 302 g/mol. The minimum Gasteiger partial charge on any atom is -0.395 e. The van der Waals surface area contributed by atoms with Crippen LogP contribution < -0.4 is 5.32 Å². The summed E-state index contributed by atoms with van der Waals surface area (Å²) >= 11 is 5.91. The predicted molar refractivity (Wildman–Crippen MR) is 85.7 cm³/mol. The zero-order valence-corrected chi connectivity index (χ0v) is 13.3. The van der Waals surface area contributed by atoms with E-state index in [1.54, 1.807) is 18.2 Å². The standard InChI is InChI=1S/C16H20ClN3O2/c1-11-3-2-4-14(10-21)20(11)9-16(22)19-15-7-13(17)6-5-12(15)8-18/h5-7,11,14,21H,2-4,9-10H2,1H3,(H,19,22). The average Bonchev–Trinajstić information content (AvgIpc) is 2.49. The zero-order chi connectivity index (χ0) is 16.1. The van der Waals surface area contributed by atoms with E-state index >= 15 is 0 Å². The average molecular weight is 322 g/mol. The molecule has 1 amide bonds. The van der Waals surface area contributed by atoms with Gasteiger partial charge in [-0.3, -0.25) is 9.69 Å². The first-order valence-corrected chi connectivity index (χ1v) is 7.79. The SMILES string of the molecule is CC1CCCC(CO)N1CC(=O)Nc1cc(Cl)ccc1C#N. The molecule has 0 radical (unpaired) electrons. The summed E-state index contributed by atoms with van der Waals surface area (Å²) < 4.78 is 0. The van der Waals surface area contributed by atoms with Crippen molar-refractivity contribution in [2.75, 3.05) is 18.5 Å². The van der Waals surface area contributed by atoms with Crippen molar-refractivity contribution < 1.29 is 9.90 Å². The molecule has 0 aliphatic carbocycles. The summed E-state index contributed by atoms with van der Waals surface area (Å²) in [4.78, 5) is 14.3. The number of carbonyl (C=O) groups excluding carboxylic acids is 1. The van der Waals surface area contributed by atoms with Gasteiger partial charge in [-0.1, -0.05) is 18.0 Å². The Morgan fingerprint density at radius 1 is 1.55 bits per heavy atom. The van der Waals surface area contributed by atoms with Crippen LogP contribution in [0, 0.1) is 11.3 Å². The van der Waals surface area contributed by atoms with E-state index in [2.05, 4.69) is 12.2 Å². The first kappa shape index (κ1) is 16.8. The molecule has 1 aliphatic heterocycles. The summed E-state index contributed by atoms with van der Waals surface area (Å²) in [5, 5.41) is 21.8. The van der Waals surface area contributed by atoms with E-state index < -0.39 is 0 Å². The molecule has 2 N–H and O–H groups in total. The highest BCUT2D eigenvalue weighted by Crippen LogP contribution is 2.23. The topological polar surface area (TPSA) is 76.4 Å². The van der Waals surface area contributed by atoms with Crippen LogP contribution in [0.5, 0.6) is 0 Å². The van der Waals surface area contributed by atoms with Gasteiger partial charge in [0.25, 0.3) is 0 Å². The molecule has 1 fully saturated rings. The number of benzene rings is 1. The summed E-state index contributed by atoms with van der Waals surface area (Å²) in [5.74, 6) is -0.203. The molecule has 1 aliphatic rings. The Morgan fingerprint density at radius 2 is 2.32 bits per heavy atom. The van der Waals surface area contributed by atoms with Crippen LogP contribution in [0.3, 0.4) is 0 Å². The number of hydrogen-bond acceptors (Lipinski definition) is 4. The van der Waals surface area contributed by atoms with Gasteiger partial charge in [-0.05, 0) is 38.0 Å². The number of nitriles is 1. The molecule has 0 bridgehead atoms. The first-order valence-electron chi connectivity index (χ1n) is 7.41. The van der Waals surface area contributed by atoms with Crippen LogP contribution in [0.15, 0.2) is 18.2 Å². The molecular formula is C16H20ClN3O2. The molecule has 1 heterocycles. The molecule has 2 rings (SSSR count). The van der Waals surface area contributed by atoms with Gasteiger partial charge in [-0.25, -0.2) is 0 Å². The van der Waals surface area contributed by atoms with Crippen molar-refractivity contribution in [2.24, 2.45) is 0 Å². The highest BCUT2D eigenvalue weighted by molar-refractivity contribution is 6.31. The Morgan fingerprint density at radius 3 is 3.00 bits per heavy atom. The predicted octanol–water partition coefficient (Wildman–Crippen LogP) is 2.39. The van der Waals surface area contributed by atoms with Gasteiger partial charge in [0.15, 0.2) is 0 Å². The Balaban J connectivity index is 2.06. The van der Waals surface area contributed by atoms with Gasteiger partial charge in [0, 0.05) is 17.1 Å². The number of aliphatic hydroxyl groups is 1. The lowest BCUT2D eigenvalue weighted by Gasteiger charge is -2.39. The van der Waals surface area contributed by atoms with Crippen molar-refractivity contribution in [2.45, 2.75) is 38.3 Å². The van der Waals surface area contributed by atoms with Gasteiger partial charge in [0.2, 0.25) is 5.91 Å². The highest BCUT2D eigenvalue weighted by Gasteiger charge is 2.28. The second kappa shape index (κ2) is 7.59. The van der Waals surface area contributed by atoms with Crippen LogP contribution in [-0.2, 0) is 4.79 Å². The lowest BCUT2D eigenvalue weighted by molar-refractivity contribution is -0.119. The van der Waals surface area contributed by atoms with Crippen molar-refractivity contribution in [3.8, 4) is 6.07 Å². The van der Waals surface area contributed by atoms with E-state index in [0.29, 0.717) is 16.3 Å². The number of halogens is 1. The fraction of sp³-hybridized carbons (Fsp3) is 0.500. The van der Waals surface area contributed by atoms with Crippen LogP contribution >= 0.6 is 11.6 Å². The minimum absolute atomic E-state index is 0.0179. The van der Waals surface area contributed by atoms with E-state index in [1.165, 1.54) is 0 Å². The number of amides is 1. The van der Waals surface area contributed by atoms with Crippen LogP contribution in [0.1, 0.15) is 31.7 Å². The minimum atomic E-state index is -0.203. The molecule has 6 heteroatoms. The number of rotatable bonds is 4. The Hall–Kier alpha value is -1.61. The molecule has 2 atom stereocenters. The third kappa shape index (κ3) is 3.98.